The molecule has 2 amide bonds. The van der Waals surface area contributed by atoms with Gasteiger partial charge in [0.15, 0.2) is 6.10 Å². The average molecular weight is 386 g/mol. The minimum atomic E-state index is -0.718. The first kappa shape index (κ1) is 19.1. The van der Waals surface area contributed by atoms with Crippen LogP contribution in [0.15, 0.2) is 53.4 Å². The first-order valence-corrected chi connectivity index (χ1v) is 9.74. The van der Waals surface area contributed by atoms with Crippen LogP contribution in [0.2, 0.25) is 0 Å². The predicted molar refractivity (Wildman–Crippen MR) is 106 cm³/mol. The van der Waals surface area contributed by atoms with E-state index in [0.717, 1.165) is 10.6 Å². The number of carbonyl (C=O) groups excluding carboxylic acids is 2. The SMILES string of the molecule is CCOc1ccc(SCC(=O)N2C[C@H](C(=O)NC)Oc3ccccc32)cc1. The van der Waals surface area contributed by atoms with Crippen molar-refractivity contribution >= 4 is 29.3 Å². The molecule has 1 heterocycles. The molecular formula is C20H22N2O4S. The molecule has 2 aromatic rings. The van der Waals surface area contributed by atoms with E-state index in [1.807, 2.05) is 49.4 Å². The van der Waals surface area contributed by atoms with Gasteiger partial charge in [0.1, 0.15) is 11.5 Å². The largest absolute Gasteiger partial charge is 0.494 e. The van der Waals surface area contributed by atoms with Crippen LogP contribution in [0, 0.1) is 0 Å². The van der Waals surface area contributed by atoms with Crippen LogP contribution in [0.4, 0.5) is 5.69 Å². The summed E-state index contributed by atoms with van der Waals surface area (Å²) in [6, 6.07) is 14.9. The zero-order valence-electron chi connectivity index (χ0n) is 15.3. The van der Waals surface area contributed by atoms with Crippen LogP contribution in [0.5, 0.6) is 11.5 Å². The van der Waals surface area contributed by atoms with E-state index in [2.05, 4.69) is 5.32 Å². The van der Waals surface area contributed by atoms with Crippen LogP contribution in [0.25, 0.3) is 0 Å². The summed E-state index contributed by atoms with van der Waals surface area (Å²) in [6.07, 6.45) is -0.718. The maximum atomic E-state index is 12.9. The Morgan fingerprint density at radius 3 is 2.67 bits per heavy atom. The predicted octanol–water partition coefficient (Wildman–Crippen LogP) is 2.72. The third-order valence-corrected chi connectivity index (χ3v) is 5.11. The Labute approximate surface area is 162 Å². The molecule has 142 valence electrons. The number of rotatable bonds is 6. The lowest BCUT2D eigenvalue weighted by molar-refractivity contribution is -0.127. The quantitative estimate of drug-likeness (QED) is 0.773. The number of amides is 2. The van der Waals surface area contributed by atoms with Crippen molar-refractivity contribution < 1.29 is 19.1 Å². The van der Waals surface area contributed by atoms with Gasteiger partial charge >= 0.3 is 0 Å². The zero-order valence-corrected chi connectivity index (χ0v) is 16.1. The fourth-order valence-electron chi connectivity index (χ4n) is 2.79. The van der Waals surface area contributed by atoms with Gasteiger partial charge in [-0.25, -0.2) is 0 Å². The van der Waals surface area contributed by atoms with Crippen LogP contribution in [0.3, 0.4) is 0 Å². The van der Waals surface area contributed by atoms with Gasteiger partial charge in [-0.15, -0.1) is 11.8 Å². The molecule has 2 aromatic carbocycles. The maximum absolute atomic E-state index is 12.9. The summed E-state index contributed by atoms with van der Waals surface area (Å²) in [7, 11) is 1.56. The molecule has 1 N–H and O–H groups in total. The van der Waals surface area contributed by atoms with E-state index in [0.29, 0.717) is 18.0 Å². The summed E-state index contributed by atoms with van der Waals surface area (Å²) in [4.78, 5) is 27.5. The number of hydrogen-bond donors (Lipinski definition) is 1. The van der Waals surface area contributed by atoms with Crippen molar-refractivity contribution in [1.82, 2.24) is 5.32 Å². The van der Waals surface area contributed by atoms with Crippen molar-refractivity contribution in [3.63, 3.8) is 0 Å². The van der Waals surface area contributed by atoms with Crippen molar-refractivity contribution in [1.29, 1.82) is 0 Å². The van der Waals surface area contributed by atoms with Crippen molar-refractivity contribution in [2.45, 2.75) is 17.9 Å². The van der Waals surface area contributed by atoms with Gasteiger partial charge in [-0.3, -0.25) is 9.59 Å². The standard InChI is InChI=1S/C20H22N2O4S/c1-3-25-14-8-10-15(11-9-14)27-13-19(23)22-12-18(20(24)21-2)26-17-7-5-4-6-16(17)22/h4-11,18H,3,12-13H2,1-2H3,(H,21,24)/t18-/m1/s1. The Hall–Kier alpha value is -2.67. The number of ether oxygens (including phenoxy) is 2. The number of hydrogen-bond acceptors (Lipinski definition) is 5. The van der Waals surface area contributed by atoms with E-state index in [-0.39, 0.29) is 24.1 Å². The van der Waals surface area contributed by atoms with Crippen LogP contribution >= 0.6 is 11.8 Å². The van der Waals surface area contributed by atoms with E-state index in [4.69, 9.17) is 9.47 Å². The number of thioether (sulfide) groups is 1. The molecule has 3 rings (SSSR count). The summed E-state index contributed by atoms with van der Waals surface area (Å²) >= 11 is 1.45. The number of fused-ring (bicyclic) bond motifs is 1. The molecule has 27 heavy (non-hydrogen) atoms. The smallest absolute Gasteiger partial charge is 0.262 e. The Bertz CT molecular complexity index is 810. The summed E-state index contributed by atoms with van der Waals surface area (Å²) < 4.78 is 11.2. The lowest BCUT2D eigenvalue weighted by Gasteiger charge is -2.34. The molecule has 7 heteroatoms. The number of nitrogens with one attached hydrogen (secondary N) is 1. The molecular weight excluding hydrogens is 364 g/mol. The second-order valence-electron chi connectivity index (χ2n) is 5.89. The highest BCUT2D eigenvalue weighted by Gasteiger charge is 2.33. The number of nitrogens with zero attached hydrogens (tertiary/aromatic N) is 1. The molecule has 0 bridgehead atoms. The number of likely N-dealkylation sites (N-methyl/N-ethyl adjacent to an activating group) is 1. The molecule has 0 radical (unpaired) electrons. The van der Waals surface area contributed by atoms with E-state index in [1.54, 1.807) is 18.0 Å². The van der Waals surface area contributed by atoms with Crippen LogP contribution in [-0.4, -0.2) is 43.9 Å². The fourth-order valence-corrected chi connectivity index (χ4v) is 3.56. The average Bonchev–Trinajstić information content (AvgIpc) is 2.71. The van der Waals surface area contributed by atoms with Crippen molar-refractivity contribution in [3.8, 4) is 11.5 Å². The lowest BCUT2D eigenvalue weighted by atomic mass is 10.2. The molecule has 0 spiro atoms. The molecule has 0 aliphatic carbocycles. The molecule has 0 saturated carbocycles. The van der Waals surface area contributed by atoms with Crippen LogP contribution in [0.1, 0.15) is 6.92 Å². The lowest BCUT2D eigenvalue weighted by Crippen LogP contribution is -2.50. The molecule has 6 nitrogen and oxygen atoms in total. The second kappa shape index (κ2) is 8.81. The molecule has 1 atom stereocenters. The van der Waals surface area contributed by atoms with Gasteiger partial charge in [0.2, 0.25) is 5.91 Å². The van der Waals surface area contributed by atoms with Gasteiger partial charge in [-0.05, 0) is 43.3 Å². The highest BCUT2D eigenvalue weighted by molar-refractivity contribution is 8.00. The monoisotopic (exact) mass is 386 g/mol. The first-order chi connectivity index (χ1) is 13.1. The topological polar surface area (TPSA) is 67.9 Å². The number of carbonyl (C=O) groups is 2. The molecule has 0 fully saturated rings. The molecule has 0 unspecified atom stereocenters. The van der Waals surface area contributed by atoms with Crippen molar-refractivity contribution in [3.05, 3.63) is 48.5 Å². The molecule has 0 aromatic heterocycles. The summed E-state index contributed by atoms with van der Waals surface area (Å²) in [6.45, 7) is 2.75. The summed E-state index contributed by atoms with van der Waals surface area (Å²) in [5, 5.41) is 2.58. The van der Waals surface area contributed by atoms with Gasteiger partial charge in [0.25, 0.3) is 5.91 Å². The van der Waals surface area contributed by atoms with Gasteiger partial charge in [0, 0.05) is 11.9 Å². The zero-order chi connectivity index (χ0) is 19.2. The molecule has 0 saturated heterocycles. The number of para-hydroxylation sites is 2. The Morgan fingerprint density at radius 1 is 1.22 bits per heavy atom. The highest BCUT2D eigenvalue weighted by Crippen LogP contribution is 2.34. The molecule has 1 aliphatic rings. The first-order valence-electron chi connectivity index (χ1n) is 8.75. The second-order valence-corrected chi connectivity index (χ2v) is 6.93. The summed E-state index contributed by atoms with van der Waals surface area (Å²) in [5.41, 5.74) is 0.690. The van der Waals surface area contributed by atoms with E-state index < -0.39 is 6.10 Å². The Kier molecular flexibility index (Phi) is 6.24. The Morgan fingerprint density at radius 2 is 1.96 bits per heavy atom. The van der Waals surface area contributed by atoms with Crippen LogP contribution in [-0.2, 0) is 9.59 Å². The van der Waals surface area contributed by atoms with Gasteiger partial charge in [-0.2, -0.15) is 0 Å². The van der Waals surface area contributed by atoms with Crippen LogP contribution < -0.4 is 19.7 Å². The fraction of sp³-hybridized carbons (Fsp3) is 0.300. The van der Waals surface area contributed by atoms with Gasteiger partial charge in [-0.1, -0.05) is 12.1 Å². The van der Waals surface area contributed by atoms with E-state index >= 15 is 0 Å². The maximum Gasteiger partial charge on any atom is 0.262 e. The van der Waals surface area contributed by atoms with E-state index in [9.17, 15) is 9.59 Å². The van der Waals surface area contributed by atoms with Crippen molar-refractivity contribution in [2.75, 3.05) is 30.9 Å². The van der Waals surface area contributed by atoms with Gasteiger partial charge in [0.05, 0.1) is 24.6 Å². The number of benzene rings is 2. The normalized spacial score (nSPS) is 15.5. The minimum Gasteiger partial charge on any atom is -0.494 e. The van der Waals surface area contributed by atoms with E-state index in [1.165, 1.54) is 11.8 Å². The Balaban J connectivity index is 1.70. The van der Waals surface area contributed by atoms with Crippen molar-refractivity contribution in [2.24, 2.45) is 0 Å². The summed E-state index contributed by atoms with van der Waals surface area (Å²) in [5.74, 6) is 1.29. The third-order valence-electron chi connectivity index (χ3n) is 4.11. The third kappa shape index (κ3) is 4.54. The number of anilines is 1. The minimum absolute atomic E-state index is 0.0708. The van der Waals surface area contributed by atoms with Gasteiger partial charge < -0.3 is 19.7 Å². The molecule has 1 aliphatic heterocycles. The highest BCUT2D eigenvalue weighted by atomic mass is 32.2.